The molecule has 0 saturated carbocycles. The maximum atomic E-state index is 13.9. The molecule has 1 aromatic carbocycles. The number of rotatable bonds is 6. The van der Waals surface area contributed by atoms with E-state index < -0.39 is 43.4 Å². The quantitative estimate of drug-likeness (QED) is 0.199. The number of alkyl halides is 5. The normalized spacial score (nSPS) is 16.4. The van der Waals surface area contributed by atoms with Crippen molar-refractivity contribution >= 4 is 45.8 Å². The highest BCUT2D eigenvalue weighted by Gasteiger charge is 2.36. The molecule has 2 N–H and O–H groups in total. The van der Waals surface area contributed by atoms with Gasteiger partial charge in [0.15, 0.2) is 5.69 Å². The van der Waals surface area contributed by atoms with Crippen LogP contribution in [0.1, 0.15) is 53.1 Å². The molecular formula is C26H24ClF5N6O2. The van der Waals surface area contributed by atoms with Crippen molar-refractivity contribution in [2.75, 3.05) is 23.3 Å². The van der Waals surface area contributed by atoms with Crippen molar-refractivity contribution in [2.45, 2.75) is 51.3 Å². The first-order chi connectivity index (χ1) is 18.7. The second-order valence-corrected chi connectivity index (χ2v) is 10.3. The summed E-state index contributed by atoms with van der Waals surface area (Å²) in [7, 11) is 0. The summed E-state index contributed by atoms with van der Waals surface area (Å²) in [5.41, 5.74) is 1.67. The van der Waals surface area contributed by atoms with E-state index in [1.807, 2.05) is 6.07 Å². The van der Waals surface area contributed by atoms with E-state index in [9.17, 15) is 31.9 Å². The Kier molecular flexibility index (Phi) is 6.97. The Balaban J connectivity index is 1.67. The number of piperidine rings is 1. The zero-order chi connectivity index (χ0) is 29.0. The van der Waals surface area contributed by atoms with Gasteiger partial charge < -0.3 is 15.3 Å². The van der Waals surface area contributed by atoms with Crippen LogP contribution in [0.3, 0.4) is 0 Å². The summed E-state index contributed by atoms with van der Waals surface area (Å²) in [6.45, 7) is 3.49. The molecule has 0 radical (unpaired) electrons. The first-order valence-corrected chi connectivity index (χ1v) is 12.8. The van der Waals surface area contributed by atoms with Crippen molar-refractivity contribution in [3.63, 3.8) is 0 Å². The molecular weight excluding hydrogens is 559 g/mol. The topological polar surface area (TPSA) is 95.6 Å². The fraction of sp³-hybridized carbons (Fsp3) is 0.385. The number of carboxylic acid groups (broad SMARTS) is 1. The van der Waals surface area contributed by atoms with Gasteiger partial charge in [-0.25, -0.2) is 28.5 Å². The molecule has 0 bridgehead atoms. The average Bonchev–Trinajstić information content (AvgIpc) is 3.26. The molecule has 4 aromatic rings. The van der Waals surface area contributed by atoms with E-state index in [0.717, 1.165) is 5.56 Å². The Morgan fingerprint density at radius 1 is 1.18 bits per heavy atom. The number of fused-ring (bicyclic) bond motifs is 3. The zero-order valence-corrected chi connectivity index (χ0v) is 22.1. The largest absolute Gasteiger partial charge is 0.476 e. The van der Waals surface area contributed by atoms with E-state index in [1.165, 1.54) is 22.7 Å². The molecule has 4 heterocycles. The number of imidazole rings is 1. The highest BCUT2D eigenvalue weighted by Crippen LogP contribution is 2.36. The van der Waals surface area contributed by atoms with Crippen LogP contribution in [0.4, 0.5) is 33.6 Å². The number of carbonyl (C=O) groups is 1. The lowest BCUT2D eigenvalue weighted by Gasteiger charge is -2.33. The molecule has 1 fully saturated rings. The third kappa shape index (κ3) is 5.60. The van der Waals surface area contributed by atoms with Crippen LogP contribution in [0.25, 0.3) is 16.6 Å². The Morgan fingerprint density at radius 3 is 2.52 bits per heavy atom. The molecule has 3 aromatic heterocycles. The number of pyridine rings is 1. The minimum Gasteiger partial charge on any atom is -0.476 e. The van der Waals surface area contributed by atoms with Gasteiger partial charge in [-0.05, 0) is 37.6 Å². The second kappa shape index (κ2) is 10.0. The molecule has 14 heteroatoms. The van der Waals surface area contributed by atoms with Crippen molar-refractivity contribution in [1.82, 2.24) is 19.4 Å². The van der Waals surface area contributed by atoms with Gasteiger partial charge in [-0.15, -0.1) is 0 Å². The Hall–Kier alpha value is -3.74. The van der Waals surface area contributed by atoms with Crippen molar-refractivity contribution < 1.29 is 31.9 Å². The summed E-state index contributed by atoms with van der Waals surface area (Å²) in [5.74, 6) is -3.92. The Morgan fingerprint density at radius 2 is 1.88 bits per heavy atom. The van der Waals surface area contributed by atoms with Crippen LogP contribution in [0.5, 0.6) is 0 Å². The number of halogens is 6. The van der Waals surface area contributed by atoms with Crippen LogP contribution in [0.2, 0.25) is 5.15 Å². The minimum atomic E-state index is -4.50. The highest BCUT2D eigenvalue weighted by atomic mass is 35.5. The highest BCUT2D eigenvalue weighted by molar-refractivity contribution is 6.29. The monoisotopic (exact) mass is 582 g/mol. The van der Waals surface area contributed by atoms with E-state index in [1.54, 1.807) is 24.8 Å². The number of nitrogens with zero attached hydrogens (tertiary/aromatic N) is 5. The third-order valence-corrected chi connectivity index (χ3v) is 6.98. The molecule has 1 saturated heterocycles. The number of aromatic nitrogens is 4. The van der Waals surface area contributed by atoms with Crippen molar-refractivity contribution in [2.24, 2.45) is 0 Å². The van der Waals surface area contributed by atoms with Gasteiger partial charge in [0, 0.05) is 43.1 Å². The van der Waals surface area contributed by atoms with Gasteiger partial charge in [-0.1, -0.05) is 17.7 Å². The minimum absolute atomic E-state index is 0.00591. The number of hydrogen-bond acceptors (Lipinski definition) is 6. The van der Waals surface area contributed by atoms with E-state index in [-0.39, 0.29) is 46.9 Å². The lowest BCUT2D eigenvalue weighted by atomic mass is 10.0. The molecule has 0 amide bonds. The Labute approximate surface area is 229 Å². The molecule has 0 spiro atoms. The lowest BCUT2D eigenvalue weighted by Crippen LogP contribution is -2.40. The summed E-state index contributed by atoms with van der Waals surface area (Å²) < 4.78 is 69.1. The summed E-state index contributed by atoms with van der Waals surface area (Å²) in [4.78, 5) is 26.3. The number of hydrogen-bond donors (Lipinski definition) is 2. The van der Waals surface area contributed by atoms with Gasteiger partial charge in [-0.2, -0.15) is 13.2 Å². The molecule has 8 nitrogen and oxygen atoms in total. The Bertz CT molecular complexity index is 1610. The van der Waals surface area contributed by atoms with Gasteiger partial charge in [0.2, 0.25) is 5.95 Å². The predicted octanol–water partition coefficient (Wildman–Crippen LogP) is 6.45. The van der Waals surface area contributed by atoms with Gasteiger partial charge in [0.1, 0.15) is 10.8 Å². The van der Waals surface area contributed by atoms with Crippen molar-refractivity contribution in [3.8, 4) is 0 Å². The van der Waals surface area contributed by atoms with E-state index in [0.29, 0.717) is 16.5 Å². The van der Waals surface area contributed by atoms with Gasteiger partial charge in [0.25, 0.3) is 5.92 Å². The van der Waals surface area contributed by atoms with Crippen LogP contribution in [0, 0.1) is 6.92 Å². The van der Waals surface area contributed by atoms with Crippen LogP contribution < -0.4 is 10.2 Å². The lowest BCUT2D eigenvalue weighted by molar-refractivity contribution is -0.127. The maximum absolute atomic E-state index is 13.9. The number of benzene rings is 1. The summed E-state index contributed by atoms with van der Waals surface area (Å²) in [5, 5.41) is 13.2. The maximum Gasteiger partial charge on any atom is 0.394 e. The first-order valence-electron chi connectivity index (χ1n) is 12.4. The third-order valence-electron chi connectivity index (χ3n) is 6.77. The standard InChI is InChI=1S/C26H24ClF5N6O2/c1-13-9-16(14(2)33-18-3-4-19(27)35-21(18)23(39)40)20-17(10-13)22-34-15(11-26(30,31)32)12-38(22)24(36-20)37-7-5-25(28,29)6-8-37/h3-4,9-10,12,14,33H,5-8,11H2,1-2H3,(H,39,40). The molecule has 40 heavy (non-hydrogen) atoms. The molecule has 1 aliphatic rings. The summed E-state index contributed by atoms with van der Waals surface area (Å²) in [6, 6.07) is 5.94. The van der Waals surface area contributed by atoms with Crippen molar-refractivity contribution in [1.29, 1.82) is 0 Å². The zero-order valence-electron chi connectivity index (χ0n) is 21.4. The molecule has 1 aliphatic heterocycles. The SMILES string of the molecule is Cc1cc(C(C)Nc2ccc(Cl)nc2C(=O)O)c2nc(N3CCC(F)(F)CC3)n3cc(CC(F)(F)F)nc3c2c1. The van der Waals surface area contributed by atoms with Gasteiger partial charge >= 0.3 is 12.1 Å². The van der Waals surface area contributed by atoms with Crippen LogP contribution in [-0.2, 0) is 6.42 Å². The van der Waals surface area contributed by atoms with Crippen LogP contribution in [0.15, 0.2) is 30.5 Å². The van der Waals surface area contributed by atoms with Crippen LogP contribution >= 0.6 is 11.6 Å². The van der Waals surface area contributed by atoms with E-state index in [4.69, 9.17) is 16.6 Å². The summed E-state index contributed by atoms with van der Waals surface area (Å²) in [6.07, 6.45) is -5.34. The molecule has 1 unspecified atom stereocenters. The molecule has 0 aliphatic carbocycles. The van der Waals surface area contributed by atoms with E-state index >= 15 is 0 Å². The molecule has 1 atom stereocenters. The molecule has 212 valence electrons. The fourth-order valence-corrected chi connectivity index (χ4v) is 5.08. The number of nitrogens with one attached hydrogen (secondary N) is 1. The van der Waals surface area contributed by atoms with Crippen molar-refractivity contribution in [3.05, 3.63) is 58.1 Å². The number of aromatic carboxylic acids is 1. The van der Waals surface area contributed by atoms with Crippen LogP contribution in [-0.4, -0.2) is 55.6 Å². The number of anilines is 2. The second-order valence-electron chi connectivity index (χ2n) is 9.92. The number of aryl methyl sites for hydroxylation is 1. The fourth-order valence-electron chi connectivity index (χ4n) is 4.93. The smallest absolute Gasteiger partial charge is 0.394 e. The van der Waals surface area contributed by atoms with Gasteiger partial charge in [-0.3, -0.25) is 4.40 Å². The van der Waals surface area contributed by atoms with Gasteiger partial charge in [0.05, 0.1) is 29.4 Å². The average molecular weight is 583 g/mol. The predicted molar refractivity (Wildman–Crippen MR) is 140 cm³/mol. The van der Waals surface area contributed by atoms with E-state index in [2.05, 4.69) is 15.3 Å². The first kappa shape index (κ1) is 27.8. The molecule has 5 rings (SSSR count). The summed E-state index contributed by atoms with van der Waals surface area (Å²) >= 11 is 5.88. The number of carboxylic acids is 1.